The fourth-order valence-corrected chi connectivity index (χ4v) is 1.97. The molecule has 0 heterocycles. The van der Waals surface area contributed by atoms with Gasteiger partial charge in [-0.25, -0.2) is 4.79 Å². The average Bonchev–Trinajstić information content (AvgIpc) is 2.44. The fourth-order valence-electron chi connectivity index (χ4n) is 1.97. The van der Waals surface area contributed by atoms with Crippen LogP contribution in [0.3, 0.4) is 0 Å². The molecule has 0 bridgehead atoms. The number of ether oxygens (including phenoxy) is 1. The number of hydrogen-bond donors (Lipinski definition) is 2. The molecule has 114 valence electrons. The summed E-state index contributed by atoms with van der Waals surface area (Å²) < 4.78 is 5.29. The standard InChI is InChI=1S/C16H21NO4/c1-4-5-9-21-10-8-17-15(18)13-11(2)6-7-12(3)14(13)16(19)20/h4,6-7H,1,5,8-10H2,2-3H3,(H,17,18)(H,19,20). The molecule has 1 aromatic carbocycles. The molecule has 0 saturated carbocycles. The molecule has 0 aliphatic carbocycles. The van der Waals surface area contributed by atoms with E-state index in [0.717, 1.165) is 6.42 Å². The first-order valence-electron chi connectivity index (χ1n) is 6.79. The Balaban J connectivity index is 2.72. The monoisotopic (exact) mass is 291 g/mol. The van der Waals surface area contributed by atoms with Crippen LogP contribution in [0.15, 0.2) is 24.8 Å². The number of aromatic carboxylic acids is 1. The third-order valence-electron chi connectivity index (χ3n) is 3.06. The van der Waals surface area contributed by atoms with Crippen molar-refractivity contribution < 1.29 is 19.4 Å². The van der Waals surface area contributed by atoms with E-state index in [-0.39, 0.29) is 17.0 Å². The van der Waals surface area contributed by atoms with Gasteiger partial charge in [0.05, 0.1) is 24.3 Å². The fraction of sp³-hybridized carbons (Fsp3) is 0.375. The number of carbonyl (C=O) groups excluding carboxylic acids is 1. The molecule has 0 aliphatic rings. The zero-order chi connectivity index (χ0) is 15.8. The maximum Gasteiger partial charge on any atom is 0.336 e. The predicted molar refractivity (Wildman–Crippen MR) is 80.8 cm³/mol. The van der Waals surface area contributed by atoms with Crippen molar-refractivity contribution >= 4 is 11.9 Å². The Labute approximate surface area is 124 Å². The molecule has 0 spiro atoms. The zero-order valence-electron chi connectivity index (χ0n) is 12.4. The van der Waals surface area contributed by atoms with Gasteiger partial charge < -0.3 is 15.2 Å². The van der Waals surface area contributed by atoms with E-state index in [1.54, 1.807) is 32.1 Å². The number of amides is 1. The van der Waals surface area contributed by atoms with Crippen molar-refractivity contribution in [3.05, 3.63) is 47.0 Å². The Morgan fingerprint density at radius 2 is 1.86 bits per heavy atom. The molecule has 2 N–H and O–H groups in total. The summed E-state index contributed by atoms with van der Waals surface area (Å²) in [6, 6.07) is 3.45. The van der Waals surface area contributed by atoms with E-state index in [0.29, 0.717) is 30.9 Å². The van der Waals surface area contributed by atoms with Crippen molar-refractivity contribution in [3.63, 3.8) is 0 Å². The molecule has 0 saturated heterocycles. The van der Waals surface area contributed by atoms with E-state index >= 15 is 0 Å². The molecule has 5 nitrogen and oxygen atoms in total. The van der Waals surface area contributed by atoms with Crippen molar-refractivity contribution in [2.75, 3.05) is 19.8 Å². The van der Waals surface area contributed by atoms with Crippen molar-refractivity contribution in [2.45, 2.75) is 20.3 Å². The molecule has 0 unspecified atom stereocenters. The molecule has 0 aromatic heterocycles. The Bertz CT molecular complexity index is 537. The first kappa shape index (κ1) is 16.9. The van der Waals surface area contributed by atoms with Crippen LogP contribution in [-0.4, -0.2) is 36.7 Å². The summed E-state index contributed by atoms with van der Waals surface area (Å²) in [5, 5.41) is 12.0. The highest BCUT2D eigenvalue weighted by molar-refractivity contribution is 6.06. The number of aryl methyl sites for hydroxylation is 2. The summed E-state index contributed by atoms with van der Waals surface area (Å²) in [5.41, 5.74) is 1.48. The SMILES string of the molecule is C=CCCOCCNC(=O)c1c(C)ccc(C)c1C(=O)O. The summed E-state index contributed by atoms with van der Waals surface area (Å²) in [5.74, 6) is -1.48. The van der Waals surface area contributed by atoms with Crippen LogP contribution in [0.5, 0.6) is 0 Å². The molecule has 0 aliphatic heterocycles. The molecular formula is C16H21NO4. The van der Waals surface area contributed by atoms with Crippen LogP contribution in [0.1, 0.15) is 38.3 Å². The van der Waals surface area contributed by atoms with Gasteiger partial charge in [0, 0.05) is 6.54 Å². The van der Waals surface area contributed by atoms with Gasteiger partial charge >= 0.3 is 5.97 Å². The van der Waals surface area contributed by atoms with Crippen LogP contribution in [0.2, 0.25) is 0 Å². The Morgan fingerprint density at radius 3 is 2.43 bits per heavy atom. The van der Waals surface area contributed by atoms with E-state index < -0.39 is 5.97 Å². The van der Waals surface area contributed by atoms with Gasteiger partial charge in [-0.1, -0.05) is 18.2 Å². The van der Waals surface area contributed by atoms with Crippen molar-refractivity contribution in [1.82, 2.24) is 5.32 Å². The maximum absolute atomic E-state index is 12.2. The average molecular weight is 291 g/mol. The van der Waals surface area contributed by atoms with Gasteiger partial charge in [0.15, 0.2) is 0 Å². The third-order valence-corrected chi connectivity index (χ3v) is 3.06. The molecule has 1 amide bonds. The largest absolute Gasteiger partial charge is 0.478 e. The van der Waals surface area contributed by atoms with E-state index in [4.69, 9.17) is 4.74 Å². The Morgan fingerprint density at radius 1 is 1.24 bits per heavy atom. The first-order valence-corrected chi connectivity index (χ1v) is 6.79. The third kappa shape index (κ3) is 4.72. The zero-order valence-corrected chi connectivity index (χ0v) is 12.4. The number of benzene rings is 1. The van der Waals surface area contributed by atoms with Gasteiger partial charge in [0.25, 0.3) is 5.91 Å². The second-order valence-electron chi connectivity index (χ2n) is 4.70. The lowest BCUT2D eigenvalue weighted by Crippen LogP contribution is -2.30. The predicted octanol–water partition coefficient (Wildman–Crippen LogP) is 2.32. The normalized spacial score (nSPS) is 10.2. The van der Waals surface area contributed by atoms with Gasteiger partial charge in [-0.3, -0.25) is 4.79 Å². The smallest absolute Gasteiger partial charge is 0.336 e. The van der Waals surface area contributed by atoms with E-state index in [9.17, 15) is 14.7 Å². The van der Waals surface area contributed by atoms with Gasteiger partial charge in [-0.15, -0.1) is 6.58 Å². The van der Waals surface area contributed by atoms with Crippen LogP contribution >= 0.6 is 0 Å². The van der Waals surface area contributed by atoms with Crippen molar-refractivity contribution in [2.24, 2.45) is 0 Å². The lowest BCUT2D eigenvalue weighted by atomic mass is 9.96. The summed E-state index contributed by atoms with van der Waals surface area (Å²) in [6.07, 6.45) is 2.52. The number of carboxylic acid groups (broad SMARTS) is 1. The van der Waals surface area contributed by atoms with Gasteiger partial charge in [-0.2, -0.15) is 0 Å². The lowest BCUT2D eigenvalue weighted by molar-refractivity contribution is 0.0689. The molecule has 5 heteroatoms. The number of carbonyl (C=O) groups is 2. The number of rotatable bonds is 8. The lowest BCUT2D eigenvalue weighted by Gasteiger charge is -2.12. The second-order valence-corrected chi connectivity index (χ2v) is 4.70. The molecule has 1 aromatic rings. The highest BCUT2D eigenvalue weighted by atomic mass is 16.5. The van der Waals surface area contributed by atoms with E-state index in [1.165, 1.54) is 0 Å². The van der Waals surface area contributed by atoms with Gasteiger partial charge in [0.1, 0.15) is 0 Å². The first-order chi connectivity index (χ1) is 9.99. The minimum Gasteiger partial charge on any atom is -0.478 e. The van der Waals surface area contributed by atoms with Gasteiger partial charge in [-0.05, 0) is 31.4 Å². The summed E-state index contributed by atoms with van der Waals surface area (Å²) in [6.45, 7) is 8.26. The summed E-state index contributed by atoms with van der Waals surface area (Å²) in [4.78, 5) is 23.5. The van der Waals surface area contributed by atoms with Crippen LogP contribution in [0.25, 0.3) is 0 Å². The Hall–Kier alpha value is -2.14. The maximum atomic E-state index is 12.2. The van der Waals surface area contributed by atoms with Crippen LogP contribution in [0, 0.1) is 13.8 Å². The van der Waals surface area contributed by atoms with Gasteiger partial charge in [0.2, 0.25) is 0 Å². The topological polar surface area (TPSA) is 75.6 Å². The van der Waals surface area contributed by atoms with E-state index in [1.807, 2.05) is 0 Å². The minimum absolute atomic E-state index is 0.0556. The summed E-state index contributed by atoms with van der Waals surface area (Å²) >= 11 is 0. The minimum atomic E-state index is -1.09. The molecule has 0 atom stereocenters. The summed E-state index contributed by atoms with van der Waals surface area (Å²) in [7, 11) is 0. The van der Waals surface area contributed by atoms with Crippen LogP contribution < -0.4 is 5.32 Å². The van der Waals surface area contributed by atoms with Crippen molar-refractivity contribution in [1.29, 1.82) is 0 Å². The molecule has 0 radical (unpaired) electrons. The number of nitrogens with one attached hydrogen (secondary N) is 1. The highest BCUT2D eigenvalue weighted by Gasteiger charge is 2.20. The van der Waals surface area contributed by atoms with Crippen LogP contribution in [0.4, 0.5) is 0 Å². The molecule has 1 rings (SSSR count). The van der Waals surface area contributed by atoms with E-state index in [2.05, 4.69) is 11.9 Å². The quantitative estimate of drug-likeness (QED) is 0.569. The number of carboxylic acids is 1. The number of hydrogen-bond acceptors (Lipinski definition) is 3. The molecule has 0 fully saturated rings. The second kappa shape index (κ2) is 8.21. The van der Waals surface area contributed by atoms with Crippen LogP contribution in [-0.2, 0) is 4.74 Å². The molecule has 21 heavy (non-hydrogen) atoms. The highest BCUT2D eigenvalue weighted by Crippen LogP contribution is 2.18. The van der Waals surface area contributed by atoms with Crippen molar-refractivity contribution in [3.8, 4) is 0 Å². The Kier molecular flexibility index (Phi) is 6.62. The molecular weight excluding hydrogens is 270 g/mol.